The summed E-state index contributed by atoms with van der Waals surface area (Å²) in [6, 6.07) is 6.95. The lowest BCUT2D eigenvalue weighted by Crippen LogP contribution is -2.20. The van der Waals surface area contributed by atoms with Gasteiger partial charge >= 0.3 is 5.97 Å². The monoisotopic (exact) mass is 237 g/mol. The van der Waals surface area contributed by atoms with Crippen molar-refractivity contribution in [1.29, 1.82) is 0 Å². The maximum Gasteiger partial charge on any atom is 0.344 e. The summed E-state index contributed by atoms with van der Waals surface area (Å²) in [6.07, 6.45) is 1.80. The van der Waals surface area contributed by atoms with E-state index in [-0.39, 0.29) is 18.7 Å². The molecule has 0 spiro atoms. The molecule has 17 heavy (non-hydrogen) atoms. The standard InChI is InChI=1S/C13H19NO3/c1-3-5-10(2)17-13(15)9-16-12-7-4-6-11(14)8-12/h4,6-8,10H,3,5,9,14H2,1-2H3. The van der Waals surface area contributed by atoms with E-state index in [9.17, 15) is 4.79 Å². The van der Waals surface area contributed by atoms with Crippen molar-refractivity contribution in [3.8, 4) is 5.75 Å². The van der Waals surface area contributed by atoms with Gasteiger partial charge < -0.3 is 15.2 Å². The van der Waals surface area contributed by atoms with Crippen molar-refractivity contribution in [1.82, 2.24) is 0 Å². The zero-order valence-electron chi connectivity index (χ0n) is 10.3. The number of rotatable bonds is 6. The fourth-order valence-corrected chi connectivity index (χ4v) is 1.47. The Hall–Kier alpha value is -1.71. The Balaban J connectivity index is 2.33. The lowest BCUT2D eigenvalue weighted by molar-refractivity contribution is -0.150. The first-order valence-electron chi connectivity index (χ1n) is 5.79. The molecule has 1 rings (SSSR count). The molecule has 0 aromatic heterocycles. The van der Waals surface area contributed by atoms with Gasteiger partial charge in [0.1, 0.15) is 5.75 Å². The average Bonchev–Trinajstić information content (AvgIpc) is 2.27. The summed E-state index contributed by atoms with van der Waals surface area (Å²) in [5.74, 6) is 0.221. The zero-order valence-corrected chi connectivity index (χ0v) is 10.3. The van der Waals surface area contributed by atoms with E-state index in [1.165, 1.54) is 0 Å². The Bertz CT molecular complexity index is 365. The first kappa shape index (κ1) is 13.4. The summed E-state index contributed by atoms with van der Waals surface area (Å²) in [6.45, 7) is 3.84. The minimum atomic E-state index is -0.353. The van der Waals surface area contributed by atoms with Crippen molar-refractivity contribution < 1.29 is 14.3 Å². The zero-order chi connectivity index (χ0) is 12.7. The van der Waals surface area contributed by atoms with Crippen molar-refractivity contribution in [2.45, 2.75) is 32.8 Å². The number of nitrogen functional groups attached to an aromatic ring is 1. The van der Waals surface area contributed by atoms with Gasteiger partial charge in [0.15, 0.2) is 6.61 Å². The lowest BCUT2D eigenvalue weighted by atomic mass is 10.2. The number of nitrogens with two attached hydrogens (primary N) is 1. The van der Waals surface area contributed by atoms with Crippen molar-refractivity contribution in [2.24, 2.45) is 0 Å². The molecule has 0 heterocycles. The summed E-state index contributed by atoms with van der Waals surface area (Å²) in [7, 11) is 0. The van der Waals surface area contributed by atoms with Crippen LogP contribution in [0.2, 0.25) is 0 Å². The van der Waals surface area contributed by atoms with Crippen LogP contribution >= 0.6 is 0 Å². The second kappa shape index (κ2) is 6.78. The number of esters is 1. The molecule has 94 valence electrons. The molecule has 4 heteroatoms. The average molecular weight is 237 g/mol. The third kappa shape index (κ3) is 5.24. The Morgan fingerprint density at radius 2 is 2.24 bits per heavy atom. The molecule has 0 saturated carbocycles. The van der Waals surface area contributed by atoms with Gasteiger partial charge in [-0.2, -0.15) is 0 Å². The number of carbonyl (C=O) groups excluding carboxylic acids is 1. The Labute approximate surface area is 102 Å². The third-order valence-electron chi connectivity index (χ3n) is 2.24. The van der Waals surface area contributed by atoms with Crippen molar-refractivity contribution in [3.63, 3.8) is 0 Å². The molecular formula is C13H19NO3. The molecule has 0 fully saturated rings. The smallest absolute Gasteiger partial charge is 0.344 e. The van der Waals surface area contributed by atoms with Gasteiger partial charge in [-0.05, 0) is 25.5 Å². The molecule has 2 N–H and O–H groups in total. The van der Waals surface area contributed by atoms with E-state index in [1.54, 1.807) is 24.3 Å². The molecule has 0 amide bonds. The first-order chi connectivity index (χ1) is 8.11. The predicted molar refractivity (Wildman–Crippen MR) is 66.8 cm³/mol. The number of carbonyl (C=O) groups is 1. The third-order valence-corrected chi connectivity index (χ3v) is 2.24. The van der Waals surface area contributed by atoms with Crippen molar-refractivity contribution >= 4 is 11.7 Å². The van der Waals surface area contributed by atoms with Crippen molar-refractivity contribution in [2.75, 3.05) is 12.3 Å². The molecule has 1 unspecified atom stereocenters. The lowest BCUT2D eigenvalue weighted by Gasteiger charge is -2.12. The van der Waals surface area contributed by atoms with Gasteiger partial charge in [0, 0.05) is 11.8 Å². The summed E-state index contributed by atoms with van der Waals surface area (Å²) in [5, 5.41) is 0. The fourth-order valence-electron chi connectivity index (χ4n) is 1.47. The van der Waals surface area contributed by atoms with Gasteiger partial charge in [-0.3, -0.25) is 0 Å². The first-order valence-corrected chi connectivity index (χ1v) is 5.79. The molecule has 0 saturated heterocycles. The molecule has 1 aromatic rings. The molecule has 0 aliphatic rings. The van der Waals surface area contributed by atoms with Crippen LogP contribution in [0.1, 0.15) is 26.7 Å². The van der Waals surface area contributed by atoms with Gasteiger partial charge in [-0.1, -0.05) is 19.4 Å². The molecule has 0 aliphatic heterocycles. The Morgan fingerprint density at radius 3 is 2.88 bits per heavy atom. The highest BCUT2D eigenvalue weighted by Crippen LogP contribution is 2.14. The highest BCUT2D eigenvalue weighted by Gasteiger charge is 2.09. The van der Waals surface area contributed by atoms with Crippen molar-refractivity contribution in [3.05, 3.63) is 24.3 Å². The van der Waals surface area contributed by atoms with E-state index in [2.05, 4.69) is 0 Å². The summed E-state index contributed by atoms with van der Waals surface area (Å²) >= 11 is 0. The van der Waals surface area contributed by atoms with Crippen LogP contribution in [0, 0.1) is 0 Å². The molecule has 0 radical (unpaired) electrons. The minimum absolute atomic E-state index is 0.0584. The number of hydrogen-bond donors (Lipinski definition) is 1. The topological polar surface area (TPSA) is 61.5 Å². The minimum Gasteiger partial charge on any atom is -0.482 e. The summed E-state index contributed by atoms with van der Waals surface area (Å²) < 4.78 is 10.4. The second-order valence-corrected chi connectivity index (χ2v) is 3.95. The van der Waals surface area contributed by atoms with Crippen LogP contribution in [0.5, 0.6) is 5.75 Å². The van der Waals surface area contributed by atoms with Crippen LogP contribution in [0.4, 0.5) is 5.69 Å². The summed E-state index contributed by atoms with van der Waals surface area (Å²) in [5.41, 5.74) is 6.20. The van der Waals surface area contributed by atoms with Gasteiger partial charge in [0.25, 0.3) is 0 Å². The number of ether oxygens (including phenoxy) is 2. The second-order valence-electron chi connectivity index (χ2n) is 3.95. The van der Waals surface area contributed by atoms with E-state index in [1.807, 2.05) is 13.8 Å². The molecule has 0 aliphatic carbocycles. The van der Waals surface area contributed by atoms with Gasteiger partial charge in [-0.25, -0.2) is 4.79 Å². The molecular weight excluding hydrogens is 218 g/mol. The van der Waals surface area contributed by atoms with E-state index >= 15 is 0 Å². The number of anilines is 1. The van der Waals surface area contributed by atoms with Gasteiger partial charge in [-0.15, -0.1) is 0 Å². The van der Waals surface area contributed by atoms with Crippen LogP contribution in [0.25, 0.3) is 0 Å². The fraction of sp³-hybridized carbons (Fsp3) is 0.462. The normalized spacial score (nSPS) is 11.9. The van der Waals surface area contributed by atoms with Crippen LogP contribution in [-0.4, -0.2) is 18.7 Å². The van der Waals surface area contributed by atoms with Crippen LogP contribution < -0.4 is 10.5 Å². The maximum absolute atomic E-state index is 11.4. The highest BCUT2D eigenvalue weighted by atomic mass is 16.6. The highest BCUT2D eigenvalue weighted by molar-refractivity contribution is 5.71. The quantitative estimate of drug-likeness (QED) is 0.609. The number of benzene rings is 1. The van der Waals surface area contributed by atoms with Crippen LogP contribution in [-0.2, 0) is 9.53 Å². The molecule has 1 aromatic carbocycles. The van der Waals surface area contributed by atoms with E-state index in [0.29, 0.717) is 11.4 Å². The largest absolute Gasteiger partial charge is 0.482 e. The Kier molecular flexibility index (Phi) is 5.33. The van der Waals surface area contributed by atoms with E-state index in [4.69, 9.17) is 15.2 Å². The van der Waals surface area contributed by atoms with Gasteiger partial charge in [0.05, 0.1) is 6.10 Å². The number of hydrogen-bond acceptors (Lipinski definition) is 4. The summed E-state index contributed by atoms with van der Waals surface area (Å²) in [4.78, 5) is 11.4. The maximum atomic E-state index is 11.4. The Morgan fingerprint density at radius 1 is 1.47 bits per heavy atom. The van der Waals surface area contributed by atoms with E-state index < -0.39 is 0 Å². The molecule has 0 bridgehead atoms. The van der Waals surface area contributed by atoms with E-state index in [0.717, 1.165) is 12.8 Å². The van der Waals surface area contributed by atoms with Gasteiger partial charge in [0.2, 0.25) is 0 Å². The SMILES string of the molecule is CCCC(C)OC(=O)COc1cccc(N)c1. The molecule has 1 atom stereocenters. The molecule has 4 nitrogen and oxygen atoms in total. The van der Waals surface area contributed by atoms with Crippen LogP contribution in [0.3, 0.4) is 0 Å². The van der Waals surface area contributed by atoms with Crippen LogP contribution in [0.15, 0.2) is 24.3 Å². The predicted octanol–water partition coefficient (Wildman–Crippen LogP) is 2.38.